The molecule has 1 heterocycles. The topological polar surface area (TPSA) is 51.2 Å². The van der Waals surface area contributed by atoms with Gasteiger partial charge < -0.3 is 10.1 Å². The number of thiazole rings is 1. The first-order valence-corrected chi connectivity index (χ1v) is 9.46. The molecular formula is C20H19ClN2O2S. The Morgan fingerprint density at radius 3 is 2.65 bits per heavy atom. The van der Waals surface area contributed by atoms with Gasteiger partial charge in [0.05, 0.1) is 23.4 Å². The normalized spacial score (nSPS) is 10.6. The number of nitrogens with one attached hydrogen (secondary N) is 1. The molecule has 6 heteroatoms. The molecule has 3 aromatic rings. The molecule has 1 amide bonds. The van der Waals surface area contributed by atoms with E-state index in [2.05, 4.69) is 39.9 Å². The zero-order valence-electron chi connectivity index (χ0n) is 14.6. The summed E-state index contributed by atoms with van der Waals surface area (Å²) in [6, 6.07) is 13.3. The van der Waals surface area contributed by atoms with Crippen molar-refractivity contribution in [2.75, 3.05) is 13.7 Å². The van der Waals surface area contributed by atoms with Crippen molar-refractivity contribution >= 4 is 28.8 Å². The molecule has 134 valence electrons. The molecule has 2 aromatic carbocycles. The lowest BCUT2D eigenvalue weighted by Gasteiger charge is -2.10. The van der Waals surface area contributed by atoms with E-state index in [1.165, 1.54) is 7.11 Å². The number of rotatable bonds is 6. The zero-order valence-corrected chi connectivity index (χ0v) is 16.2. The molecular weight excluding hydrogens is 368 g/mol. The number of hydrogen-bond acceptors (Lipinski definition) is 4. The minimum atomic E-state index is -0.195. The van der Waals surface area contributed by atoms with E-state index < -0.39 is 0 Å². The Morgan fingerprint density at radius 1 is 1.23 bits per heavy atom. The number of carbonyl (C=O) groups is 1. The highest BCUT2D eigenvalue weighted by atomic mass is 35.5. The molecule has 1 N–H and O–H groups in total. The highest BCUT2D eigenvalue weighted by molar-refractivity contribution is 7.09. The van der Waals surface area contributed by atoms with Crippen molar-refractivity contribution in [3.05, 3.63) is 69.0 Å². The predicted octanol–water partition coefficient (Wildman–Crippen LogP) is 4.75. The number of carbonyl (C=O) groups excluding carboxylic acids is 1. The lowest BCUT2D eigenvalue weighted by molar-refractivity contribution is 0.0951. The third kappa shape index (κ3) is 4.42. The van der Waals surface area contributed by atoms with Crippen LogP contribution in [0.5, 0.6) is 5.75 Å². The quantitative estimate of drug-likeness (QED) is 0.664. The Balaban J connectivity index is 1.58. The third-order valence-electron chi connectivity index (χ3n) is 3.97. The Morgan fingerprint density at radius 2 is 2.00 bits per heavy atom. The molecule has 3 rings (SSSR count). The average Bonchev–Trinajstić information content (AvgIpc) is 3.08. The predicted molar refractivity (Wildman–Crippen MR) is 106 cm³/mol. The van der Waals surface area contributed by atoms with Crippen molar-refractivity contribution in [3.63, 3.8) is 0 Å². The Hall–Kier alpha value is -2.37. The van der Waals surface area contributed by atoms with Gasteiger partial charge in [-0.25, -0.2) is 4.98 Å². The first-order chi connectivity index (χ1) is 12.6. The van der Waals surface area contributed by atoms with Gasteiger partial charge in [-0.15, -0.1) is 11.3 Å². The fraction of sp³-hybridized carbons (Fsp3) is 0.200. The summed E-state index contributed by atoms with van der Waals surface area (Å²) in [5.41, 5.74) is 3.69. The molecule has 1 aromatic heterocycles. The molecule has 0 bridgehead atoms. The molecule has 26 heavy (non-hydrogen) atoms. The largest absolute Gasteiger partial charge is 0.496 e. The minimum Gasteiger partial charge on any atom is -0.496 e. The number of aryl methyl sites for hydroxylation is 1. The summed E-state index contributed by atoms with van der Waals surface area (Å²) in [6.45, 7) is 2.53. The number of ether oxygens (including phenoxy) is 1. The van der Waals surface area contributed by atoms with Crippen LogP contribution >= 0.6 is 22.9 Å². The van der Waals surface area contributed by atoms with Crippen LogP contribution in [0.25, 0.3) is 11.3 Å². The van der Waals surface area contributed by atoms with Gasteiger partial charge in [0.2, 0.25) is 0 Å². The number of nitrogens with zero attached hydrogens (tertiary/aromatic N) is 1. The van der Waals surface area contributed by atoms with Crippen molar-refractivity contribution in [2.45, 2.75) is 13.3 Å². The zero-order chi connectivity index (χ0) is 18.5. The smallest absolute Gasteiger partial charge is 0.255 e. The fourth-order valence-electron chi connectivity index (χ4n) is 2.61. The van der Waals surface area contributed by atoms with E-state index >= 15 is 0 Å². The number of aromatic nitrogens is 1. The molecule has 0 saturated heterocycles. The molecule has 0 fully saturated rings. The molecule has 4 nitrogen and oxygen atoms in total. The lowest BCUT2D eigenvalue weighted by atomic mass is 10.1. The Kier molecular flexibility index (Phi) is 5.91. The maximum Gasteiger partial charge on any atom is 0.255 e. The van der Waals surface area contributed by atoms with Gasteiger partial charge >= 0.3 is 0 Å². The second-order valence-corrected chi connectivity index (χ2v) is 7.30. The van der Waals surface area contributed by atoms with Crippen LogP contribution in [0.15, 0.2) is 47.8 Å². The molecule has 0 spiro atoms. The summed E-state index contributed by atoms with van der Waals surface area (Å²) in [4.78, 5) is 16.8. The molecule has 0 radical (unpaired) electrons. The SMILES string of the molecule is COc1ccc(Cl)cc1C(=O)NCCc1ccc(-c2csc(C)n2)cc1. The first kappa shape index (κ1) is 18.4. The third-order valence-corrected chi connectivity index (χ3v) is 4.98. The van der Waals surface area contributed by atoms with Gasteiger partial charge in [0.1, 0.15) is 5.75 Å². The van der Waals surface area contributed by atoms with Crippen molar-refractivity contribution in [3.8, 4) is 17.0 Å². The molecule has 0 aliphatic carbocycles. The van der Waals surface area contributed by atoms with Crippen molar-refractivity contribution in [2.24, 2.45) is 0 Å². The van der Waals surface area contributed by atoms with E-state index in [0.717, 1.165) is 28.2 Å². The second-order valence-electron chi connectivity index (χ2n) is 5.80. The highest BCUT2D eigenvalue weighted by Gasteiger charge is 2.12. The maximum absolute atomic E-state index is 12.4. The summed E-state index contributed by atoms with van der Waals surface area (Å²) >= 11 is 7.62. The maximum atomic E-state index is 12.4. The van der Waals surface area contributed by atoms with Crippen LogP contribution in [0.1, 0.15) is 20.9 Å². The van der Waals surface area contributed by atoms with Gasteiger partial charge in [-0.05, 0) is 37.1 Å². The number of halogens is 1. The Bertz CT molecular complexity index is 906. The van der Waals surface area contributed by atoms with E-state index in [9.17, 15) is 4.79 Å². The molecule has 0 unspecified atom stereocenters. The fourth-order valence-corrected chi connectivity index (χ4v) is 3.41. The van der Waals surface area contributed by atoms with Crippen LogP contribution in [-0.2, 0) is 6.42 Å². The molecule has 0 aliphatic heterocycles. The van der Waals surface area contributed by atoms with Crippen LogP contribution in [0, 0.1) is 6.92 Å². The van der Waals surface area contributed by atoms with Gasteiger partial charge in [0, 0.05) is 22.5 Å². The number of benzene rings is 2. The number of hydrogen-bond donors (Lipinski definition) is 1. The summed E-state index contributed by atoms with van der Waals surface area (Å²) in [6.07, 6.45) is 0.741. The van der Waals surface area contributed by atoms with E-state index in [0.29, 0.717) is 22.9 Å². The van der Waals surface area contributed by atoms with Crippen molar-refractivity contribution in [1.82, 2.24) is 10.3 Å². The number of amides is 1. The Labute approximate surface area is 161 Å². The van der Waals surface area contributed by atoms with Crippen LogP contribution in [0.3, 0.4) is 0 Å². The minimum absolute atomic E-state index is 0.195. The van der Waals surface area contributed by atoms with Crippen molar-refractivity contribution < 1.29 is 9.53 Å². The number of methoxy groups -OCH3 is 1. The van der Waals surface area contributed by atoms with Crippen molar-refractivity contribution in [1.29, 1.82) is 0 Å². The average molecular weight is 387 g/mol. The van der Waals surface area contributed by atoms with Gasteiger partial charge in [-0.1, -0.05) is 35.9 Å². The molecule has 0 atom stereocenters. The van der Waals surface area contributed by atoms with E-state index in [4.69, 9.17) is 16.3 Å². The first-order valence-electron chi connectivity index (χ1n) is 8.20. The van der Waals surface area contributed by atoms with Crippen LogP contribution in [0.4, 0.5) is 0 Å². The molecule has 0 aliphatic rings. The van der Waals surface area contributed by atoms with E-state index in [-0.39, 0.29) is 5.91 Å². The van der Waals surface area contributed by atoms with E-state index in [1.54, 1.807) is 29.5 Å². The van der Waals surface area contributed by atoms with Crippen LogP contribution < -0.4 is 10.1 Å². The van der Waals surface area contributed by atoms with Gasteiger partial charge in [-0.2, -0.15) is 0 Å². The van der Waals surface area contributed by atoms with Crippen LogP contribution in [-0.4, -0.2) is 24.5 Å². The molecule has 0 saturated carbocycles. The summed E-state index contributed by atoms with van der Waals surface area (Å²) in [7, 11) is 1.53. The summed E-state index contributed by atoms with van der Waals surface area (Å²) in [5, 5.41) is 6.53. The summed E-state index contributed by atoms with van der Waals surface area (Å²) in [5.74, 6) is 0.314. The van der Waals surface area contributed by atoms with Gasteiger partial charge in [0.25, 0.3) is 5.91 Å². The van der Waals surface area contributed by atoms with Crippen LogP contribution in [0.2, 0.25) is 5.02 Å². The highest BCUT2D eigenvalue weighted by Crippen LogP contribution is 2.23. The summed E-state index contributed by atoms with van der Waals surface area (Å²) < 4.78 is 5.22. The van der Waals surface area contributed by atoms with Gasteiger partial charge in [-0.3, -0.25) is 4.79 Å². The lowest BCUT2D eigenvalue weighted by Crippen LogP contribution is -2.26. The van der Waals surface area contributed by atoms with Gasteiger partial charge in [0.15, 0.2) is 0 Å². The monoisotopic (exact) mass is 386 g/mol. The second kappa shape index (κ2) is 8.34. The standard InChI is InChI=1S/C20H19ClN2O2S/c1-13-23-18(12-26-13)15-5-3-14(4-6-15)9-10-22-20(24)17-11-16(21)7-8-19(17)25-2/h3-8,11-12H,9-10H2,1-2H3,(H,22,24). The van der Waals surface area contributed by atoms with E-state index in [1.807, 2.05) is 6.92 Å².